The highest BCUT2D eigenvalue weighted by Crippen LogP contribution is 2.18. The average molecular weight is 358 g/mol. The summed E-state index contributed by atoms with van der Waals surface area (Å²) in [6.45, 7) is 4.65. The van der Waals surface area contributed by atoms with Gasteiger partial charge in [0.1, 0.15) is 0 Å². The number of thiophene rings is 1. The van der Waals surface area contributed by atoms with Gasteiger partial charge in [0, 0.05) is 17.8 Å². The molecule has 0 saturated carbocycles. The summed E-state index contributed by atoms with van der Waals surface area (Å²) in [5.74, 6) is 0.515. The Balaban J connectivity index is 2.50. The fourth-order valence-corrected chi connectivity index (χ4v) is 2.32. The quantitative estimate of drug-likeness (QED) is 0.650. The molecule has 84 valence electrons. The first kappa shape index (κ1) is 13.3. The van der Waals surface area contributed by atoms with E-state index in [0.29, 0.717) is 12.4 Å². The van der Waals surface area contributed by atoms with Gasteiger partial charge < -0.3 is 5.32 Å². The number of carbonyl (C=O) groups excluding carboxylic acids is 1. The first-order valence-corrected chi connectivity index (χ1v) is 7.02. The van der Waals surface area contributed by atoms with Gasteiger partial charge in [0.2, 0.25) is 0 Å². The molecule has 0 atom stereocenters. The van der Waals surface area contributed by atoms with Crippen molar-refractivity contribution in [1.82, 2.24) is 5.32 Å². The van der Waals surface area contributed by atoms with E-state index in [2.05, 4.69) is 27.9 Å². The van der Waals surface area contributed by atoms with Crippen molar-refractivity contribution in [1.29, 1.82) is 0 Å². The van der Waals surface area contributed by atoms with Crippen LogP contribution in [0.15, 0.2) is 11.4 Å². The summed E-state index contributed by atoms with van der Waals surface area (Å²) in [6.07, 6.45) is 0. The van der Waals surface area contributed by atoms with Gasteiger partial charge >= 0.3 is 0 Å². The van der Waals surface area contributed by atoms with Crippen LogP contribution in [0.5, 0.6) is 0 Å². The molecule has 0 aliphatic heterocycles. The van der Waals surface area contributed by atoms with E-state index in [1.54, 1.807) is 11.3 Å². The van der Waals surface area contributed by atoms with Crippen molar-refractivity contribution < 1.29 is 4.79 Å². The van der Waals surface area contributed by atoms with Crippen LogP contribution in [-0.2, 0) is 0 Å². The molecule has 0 fully saturated rings. The largest absolute Gasteiger partial charge is 0.351 e. The summed E-state index contributed by atoms with van der Waals surface area (Å²) in [5.41, 5.74) is 0.676. The number of hydrogen-bond donors (Lipinski definition) is 1. The minimum absolute atomic E-state index is 0.0210. The molecule has 0 spiro atoms. The maximum Gasteiger partial charge on any atom is 0.252 e. The Morgan fingerprint density at radius 1 is 1.67 bits per heavy atom. The molecule has 15 heavy (non-hydrogen) atoms. The molecule has 1 amide bonds. The second-order valence-electron chi connectivity index (χ2n) is 4.12. The molecule has 1 heterocycles. The van der Waals surface area contributed by atoms with Crippen LogP contribution in [0.1, 0.15) is 24.2 Å². The van der Waals surface area contributed by atoms with Crippen LogP contribution in [0.2, 0.25) is 0 Å². The number of amides is 1. The van der Waals surface area contributed by atoms with Gasteiger partial charge in [-0.05, 0) is 34.1 Å². The fraction of sp³-hybridized carbons (Fsp3) is 0.500. The molecule has 1 rings (SSSR count). The molecule has 0 radical (unpaired) electrons. The van der Waals surface area contributed by atoms with E-state index >= 15 is 0 Å². The third-order valence-electron chi connectivity index (χ3n) is 1.92. The van der Waals surface area contributed by atoms with Crippen molar-refractivity contribution >= 4 is 51.4 Å². The second-order valence-corrected chi connectivity index (χ2v) is 7.19. The van der Waals surface area contributed by atoms with Crippen molar-refractivity contribution in [2.75, 3.05) is 12.4 Å². The van der Waals surface area contributed by atoms with Crippen LogP contribution in [0.4, 0.5) is 0 Å². The molecule has 0 aliphatic carbocycles. The zero-order valence-corrected chi connectivity index (χ0v) is 12.4. The normalized spacial score (nSPS) is 11.5. The van der Waals surface area contributed by atoms with Gasteiger partial charge in [-0.2, -0.15) is 0 Å². The number of alkyl halides is 1. The van der Waals surface area contributed by atoms with Gasteiger partial charge in [-0.25, -0.2) is 0 Å². The zero-order valence-electron chi connectivity index (χ0n) is 8.64. The summed E-state index contributed by atoms with van der Waals surface area (Å²) in [4.78, 5) is 11.7. The Labute approximate surface area is 113 Å². The Morgan fingerprint density at radius 3 is 2.80 bits per heavy atom. The predicted octanol–water partition coefficient (Wildman–Crippen LogP) is 3.35. The van der Waals surface area contributed by atoms with E-state index in [9.17, 15) is 4.79 Å². The Bertz CT molecular complexity index is 351. The minimum Gasteiger partial charge on any atom is -0.351 e. The number of nitrogens with one attached hydrogen (secondary N) is 1. The fourth-order valence-electron chi connectivity index (χ4n) is 0.898. The van der Waals surface area contributed by atoms with Crippen molar-refractivity contribution in [2.24, 2.45) is 5.41 Å². The molecule has 0 unspecified atom stereocenters. The van der Waals surface area contributed by atoms with Crippen molar-refractivity contribution in [3.63, 3.8) is 0 Å². The van der Waals surface area contributed by atoms with E-state index in [-0.39, 0.29) is 11.3 Å². The second kappa shape index (κ2) is 5.50. The van der Waals surface area contributed by atoms with Crippen molar-refractivity contribution in [3.05, 3.63) is 19.9 Å². The van der Waals surface area contributed by atoms with E-state index < -0.39 is 0 Å². The summed E-state index contributed by atoms with van der Waals surface area (Å²) in [7, 11) is 0. The zero-order chi connectivity index (χ0) is 11.5. The van der Waals surface area contributed by atoms with Gasteiger partial charge in [-0.1, -0.05) is 13.8 Å². The predicted molar refractivity (Wildman–Crippen MR) is 73.9 cm³/mol. The minimum atomic E-state index is -0.0552. The topological polar surface area (TPSA) is 29.1 Å². The van der Waals surface area contributed by atoms with Crippen molar-refractivity contribution in [3.8, 4) is 0 Å². The van der Waals surface area contributed by atoms with Crippen LogP contribution in [0.25, 0.3) is 0 Å². The smallest absolute Gasteiger partial charge is 0.252 e. The van der Waals surface area contributed by atoms with Gasteiger partial charge in [-0.3, -0.25) is 4.79 Å². The highest BCUT2D eigenvalue weighted by atomic mass is 127. The van der Waals surface area contributed by atoms with Crippen molar-refractivity contribution in [2.45, 2.75) is 13.8 Å². The lowest BCUT2D eigenvalue weighted by Gasteiger charge is -2.21. The Hall–Kier alpha value is 0.190. The van der Waals surface area contributed by atoms with Gasteiger partial charge in [0.25, 0.3) is 5.91 Å². The monoisotopic (exact) mass is 357 g/mol. The van der Waals surface area contributed by atoms with E-state index in [0.717, 1.165) is 8.45 Å². The molecule has 2 nitrogen and oxygen atoms in total. The number of rotatable bonds is 4. The molecular formula is C10H13ClINOS. The van der Waals surface area contributed by atoms with Gasteiger partial charge in [0.15, 0.2) is 0 Å². The molecule has 1 N–H and O–H groups in total. The lowest BCUT2D eigenvalue weighted by atomic mass is 9.96. The lowest BCUT2D eigenvalue weighted by Crippen LogP contribution is -2.34. The molecule has 1 aromatic rings. The van der Waals surface area contributed by atoms with Crippen LogP contribution < -0.4 is 5.32 Å². The summed E-state index contributed by atoms with van der Waals surface area (Å²) < 4.78 is 1.12. The van der Waals surface area contributed by atoms with E-state index in [1.807, 2.05) is 25.3 Å². The lowest BCUT2D eigenvalue weighted by molar-refractivity contribution is 0.0940. The van der Waals surface area contributed by atoms with Gasteiger partial charge in [-0.15, -0.1) is 22.9 Å². The first-order chi connectivity index (χ1) is 6.94. The maximum absolute atomic E-state index is 11.7. The van der Waals surface area contributed by atoms with E-state index in [4.69, 9.17) is 11.6 Å². The van der Waals surface area contributed by atoms with Crippen LogP contribution >= 0.6 is 45.5 Å². The molecule has 0 aromatic carbocycles. The highest BCUT2D eigenvalue weighted by Gasteiger charge is 2.18. The summed E-state index contributed by atoms with van der Waals surface area (Å²) >= 11 is 9.55. The third kappa shape index (κ3) is 4.28. The average Bonchev–Trinajstić information content (AvgIpc) is 2.61. The van der Waals surface area contributed by atoms with Crippen LogP contribution in [0.3, 0.4) is 0 Å². The Kier molecular flexibility index (Phi) is 4.86. The summed E-state index contributed by atoms with van der Waals surface area (Å²) in [6, 6.07) is 1.88. The SMILES string of the molecule is CC(C)(CCl)CNC(=O)c1csc(I)c1. The third-order valence-corrected chi connectivity index (χ3v) is 4.43. The molecule has 0 saturated heterocycles. The first-order valence-electron chi connectivity index (χ1n) is 4.53. The van der Waals surface area contributed by atoms with Crippen LogP contribution in [-0.4, -0.2) is 18.3 Å². The Morgan fingerprint density at radius 2 is 2.33 bits per heavy atom. The van der Waals surface area contributed by atoms with Crippen LogP contribution in [0, 0.1) is 8.30 Å². The standard InChI is InChI=1S/C10H13ClINOS/c1-10(2,5-11)6-13-9(14)7-3-8(12)15-4-7/h3-4H,5-6H2,1-2H3,(H,13,14). The molecular weight excluding hydrogens is 345 g/mol. The number of carbonyl (C=O) groups is 1. The molecule has 0 bridgehead atoms. The number of halogens is 2. The van der Waals surface area contributed by atoms with Gasteiger partial charge in [0.05, 0.1) is 8.45 Å². The number of hydrogen-bond acceptors (Lipinski definition) is 2. The molecule has 0 aliphatic rings. The van der Waals surface area contributed by atoms with E-state index in [1.165, 1.54) is 0 Å². The summed E-state index contributed by atoms with van der Waals surface area (Å²) in [5, 5.41) is 4.75. The molecule has 5 heteroatoms. The highest BCUT2D eigenvalue weighted by molar-refractivity contribution is 14.1. The maximum atomic E-state index is 11.7. The molecule has 1 aromatic heterocycles.